The van der Waals surface area contributed by atoms with Crippen molar-refractivity contribution < 1.29 is 0 Å². The molecule has 12 heavy (non-hydrogen) atoms. The third-order valence-corrected chi connectivity index (χ3v) is 1.53. The molecule has 0 saturated carbocycles. The zero-order valence-corrected chi connectivity index (χ0v) is 6.91. The number of hydrogen-bond acceptors (Lipinski definition) is 4. The molecule has 1 heterocycles. The summed E-state index contributed by atoms with van der Waals surface area (Å²) in [5.41, 5.74) is 6.28. The molecule has 0 radical (unpaired) electrons. The second kappa shape index (κ2) is 3.67. The van der Waals surface area contributed by atoms with Crippen LogP contribution < -0.4 is 5.73 Å². The standard InChI is InChI=1S/C8H10N4/c1-2-7-11-5-6(3-4-9)8(10)12-7/h5H,2-3H2,1H3,(H2,10,11,12). The molecule has 0 fully saturated rings. The fraction of sp³-hybridized carbons (Fsp3) is 0.375. The Morgan fingerprint density at radius 2 is 2.42 bits per heavy atom. The van der Waals surface area contributed by atoms with Crippen molar-refractivity contribution >= 4 is 5.82 Å². The first kappa shape index (κ1) is 8.47. The van der Waals surface area contributed by atoms with Crippen LogP contribution in [0.3, 0.4) is 0 Å². The van der Waals surface area contributed by atoms with Crippen LogP contribution in [0.5, 0.6) is 0 Å². The lowest BCUT2D eigenvalue weighted by molar-refractivity contribution is 0.930. The van der Waals surface area contributed by atoms with Crippen molar-refractivity contribution in [3.63, 3.8) is 0 Å². The predicted octanol–water partition coefficient (Wildman–Crippen LogP) is 0.687. The van der Waals surface area contributed by atoms with Crippen LogP contribution in [0.25, 0.3) is 0 Å². The molecule has 62 valence electrons. The first-order valence-corrected chi connectivity index (χ1v) is 3.75. The van der Waals surface area contributed by atoms with E-state index >= 15 is 0 Å². The van der Waals surface area contributed by atoms with E-state index in [-0.39, 0.29) is 6.42 Å². The van der Waals surface area contributed by atoms with Crippen LogP contribution in [0, 0.1) is 11.3 Å². The smallest absolute Gasteiger partial charge is 0.131 e. The fourth-order valence-electron chi connectivity index (χ4n) is 0.850. The maximum atomic E-state index is 8.41. The fourth-order valence-corrected chi connectivity index (χ4v) is 0.850. The van der Waals surface area contributed by atoms with Gasteiger partial charge >= 0.3 is 0 Å². The van der Waals surface area contributed by atoms with E-state index in [9.17, 15) is 0 Å². The van der Waals surface area contributed by atoms with Crippen molar-refractivity contribution in [2.45, 2.75) is 19.8 Å². The quantitative estimate of drug-likeness (QED) is 0.694. The number of aryl methyl sites for hydroxylation is 1. The van der Waals surface area contributed by atoms with Crippen molar-refractivity contribution in [1.82, 2.24) is 9.97 Å². The van der Waals surface area contributed by atoms with Crippen molar-refractivity contribution in [3.8, 4) is 6.07 Å². The molecule has 0 amide bonds. The highest BCUT2D eigenvalue weighted by Gasteiger charge is 2.01. The third-order valence-electron chi connectivity index (χ3n) is 1.53. The molecule has 0 atom stereocenters. The summed E-state index contributed by atoms with van der Waals surface area (Å²) in [5, 5.41) is 8.41. The lowest BCUT2D eigenvalue weighted by Gasteiger charge is -2.00. The molecule has 0 aliphatic rings. The summed E-state index contributed by atoms with van der Waals surface area (Å²) >= 11 is 0. The van der Waals surface area contributed by atoms with Gasteiger partial charge in [0.1, 0.15) is 11.6 Å². The second-order valence-corrected chi connectivity index (χ2v) is 2.39. The number of hydrogen-bond donors (Lipinski definition) is 1. The topological polar surface area (TPSA) is 75.6 Å². The number of rotatable bonds is 2. The molecule has 0 aromatic carbocycles. The molecule has 0 unspecified atom stereocenters. The SMILES string of the molecule is CCc1ncc(CC#N)c(N)n1. The first-order valence-electron chi connectivity index (χ1n) is 3.75. The van der Waals surface area contributed by atoms with E-state index in [1.807, 2.05) is 13.0 Å². The molecule has 0 bridgehead atoms. The van der Waals surface area contributed by atoms with Gasteiger partial charge in [0.2, 0.25) is 0 Å². The van der Waals surface area contributed by atoms with Crippen LogP contribution in [-0.2, 0) is 12.8 Å². The normalized spacial score (nSPS) is 9.33. The molecular formula is C8H10N4. The first-order chi connectivity index (χ1) is 5.77. The highest BCUT2D eigenvalue weighted by molar-refractivity contribution is 5.39. The minimum absolute atomic E-state index is 0.274. The van der Waals surface area contributed by atoms with Gasteiger partial charge in [0.25, 0.3) is 0 Å². The van der Waals surface area contributed by atoms with Gasteiger partial charge in [-0.25, -0.2) is 9.97 Å². The van der Waals surface area contributed by atoms with Crippen molar-refractivity contribution in [1.29, 1.82) is 5.26 Å². The summed E-state index contributed by atoms with van der Waals surface area (Å²) in [5.74, 6) is 1.14. The molecule has 1 rings (SSSR count). The molecule has 1 aromatic rings. The van der Waals surface area contributed by atoms with Crippen LogP contribution in [0.2, 0.25) is 0 Å². The minimum atomic E-state index is 0.274. The number of nitrogens with two attached hydrogens (primary N) is 1. The third kappa shape index (κ3) is 1.70. The van der Waals surface area contributed by atoms with Crippen molar-refractivity contribution in [3.05, 3.63) is 17.6 Å². The highest BCUT2D eigenvalue weighted by Crippen LogP contribution is 2.07. The Morgan fingerprint density at radius 3 is 2.92 bits per heavy atom. The van der Waals surface area contributed by atoms with Crippen LogP contribution in [-0.4, -0.2) is 9.97 Å². The van der Waals surface area contributed by atoms with Gasteiger partial charge < -0.3 is 5.73 Å². The number of nitrogen functional groups attached to an aromatic ring is 1. The summed E-state index contributed by atoms with van der Waals surface area (Å²) in [4.78, 5) is 8.06. The summed E-state index contributed by atoms with van der Waals surface area (Å²) < 4.78 is 0. The Morgan fingerprint density at radius 1 is 1.67 bits per heavy atom. The van der Waals surface area contributed by atoms with Gasteiger partial charge in [-0.1, -0.05) is 6.92 Å². The Labute approximate surface area is 71.1 Å². The van der Waals surface area contributed by atoms with Crippen molar-refractivity contribution in [2.24, 2.45) is 0 Å². The summed E-state index contributed by atoms with van der Waals surface area (Å²) in [6.07, 6.45) is 2.65. The molecular weight excluding hydrogens is 152 g/mol. The minimum Gasteiger partial charge on any atom is -0.383 e. The average molecular weight is 162 g/mol. The van der Waals surface area contributed by atoms with Gasteiger partial charge in [-0.2, -0.15) is 5.26 Å². The maximum absolute atomic E-state index is 8.41. The predicted molar refractivity (Wildman–Crippen MR) is 45.1 cm³/mol. The van der Waals surface area contributed by atoms with Gasteiger partial charge in [0.05, 0.1) is 12.5 Å². The maximum Gasteiger partial charge on any atom is 0.131 e. The molecule has 0 aliphatic carbocycles. The Bertz CT molecular complexity index is 313. The molecule has 4 heteroatoms. The van der Waals surface area contributed by atoms with E-state index in [2.05, 4.69) is 9.97 Å². The Kier molecular flexibility index (Phi) is 2.59. The zero-order valence-electron chi connectivity index (χ0n) is 6.91. The molecule has 0 spiro atoms. The molecule has 2 N–H and O–H groups in total. The summed E-state index contributed by atoms with van der Waals surface area (Å²) in [7, 11) is 0. The van der Waals surface area contributed by atoms with Crippen LogP contribution in [0.4, 0.5) is 5.82 Å². The van der Waals surface area contributed by atoms with Gasteiger partial charge in [-0.05, 0) is 0 Å². The summed E-state index contributed by atoms with van der Waals surface area (Å²) in [6, 6.07) is 2.00. The summed E-state index contributed by atoms with van der Waals surface area (Å²) in [6.45, 7) is 1.96. The van der Waals surface area contributed by atoms with Crippen molar-refractivity contribution in [2.75, 3.05) is 5.73 Å². The lowest BCUT2D eigenvalue weighted by Crippen LogP contribution is -2.02. The van der Waals surface area contributed by atoms with Crippen LogP contribution >= 0.6 is 0 Å². The largest absolute Gasteiger partial charge is 0.383 e. The lowest BCUT2D eigenvalue weighted by atomic mass is 10.2. The monoisotopic (exact) mass is 162 g/mol. The highest BCUT2D eigenvalue weighted by atomic mass is 14.9. The van der Waals surface area contributed by atoms with Crippen LogP contribution in [0.1, 0.15) is 18.3 Å². The van der Waals surface area contributed by atoms with E-state index in [4.69, 9.17) is 11.0 Å². The Balaban J connectivity index is 2.97. The molecule has 0 aliphatic heterocycles. The molecule has 0 saturated heterocycles. The van der Waals surface area contributed by atoms with Crippen LogP contribution in [0.15, 0.2) is 6.20 Å². The number of nitrogens with zero attached hydrogens (tertiary/aromatic N) is 3. The number of aromatic nitrogens is 2. The Hall–Kier alpha value is -1.63. The number of nitriles is 1. The number of anilines is 1. The molecule has 4 nitrogen and oxygen atoms in total. The zero-order chi connectivity index (χ0) is 8.97. The van der Waals surface area contributed by atoms with Gasteiger partial charge in [0.15, 0.2) is 0 Å². The van der Waals surface area contributed by atoms with E-state index in [0.717, 1.165) is 6.42 Å². The van der Waals surface area contributed by atoms with E-state index in [1.165, 1.54) is 0 Å². The molecule has 1 aromatic heterocycles. The van der Waals surface area contributed by atoms with Gasteiger partial charge in [0, 0.05) is 18.2 Å². The average Bonchev–Trinajstić information content (AvgIpc) is 2.09. The van der Waals surface area contributed by atoms with E-state index in [1.54, 1.807) is 6.20 Å². The second-order valence-electron chi connectivity index (χ2n) is 2.39. The van der Waals surface area contributed by atoms with Gasteiger partial charge in [-0.3, -0.25) is 0 Å². The van der Waals surface area contributed by atoms with E-state index in [0.29, 0.717) is 17.2 Å². The van der Waals surface area contributed by atoms with E-state index < -0.39 is 0 Å². The van der Waals surface area contributed by atoms with Gasteiger partial charge in [-0.15, -0.1) is 0 Å².